The molecule has 0 saturated heterocycles. The maximum atomic E-state index is 11.7. The number of carbonyl (C=O) groups is 1. The van der Waals surface area contributed by atoms with Gasteiger partial charge in [-0.3, -0.25) is 4.79 Å². The van der Waals surface area contributed by atoms with Gasteiger partial charge >= 0.3 is 0 Å². The summed E-state index contributed by atoms with van der Waals surface area (Å²) < 4.78 is 5.69. The minimum absolute atomic E-state index is 0.0169. The van der Waals surface area contributed by atoms with Gasteiger partial charge < -0.3 is 15.4 Å². The van der Waals surface area contributed by atoms with E-state index in [0.717, 1.165) is 37.2 Å². The second-order valence-electron chi connectivity index (χ2n) is 4.94. The summed E-state index contributed by atoms with van der Waals surface area (Å²) in [6.07, 6.45) is 3.40. The summed E-state index contributed by atoms with van der Waals surface area (Å²) in [6.45, 7) is 7.49. The molecule has 1 aromatic rings. The summed E-state index contributed by atoms with van der Waals surface area (Å²) >= 11 is 0. The summed E-state index contributed by atoms with van der Waals surface area (Å²) in [6, 6.07) is 7.49. The van der Waals surface area contributed by atoms with Crippen LogP contribution in [0.2, 0.25) is 0 Å². The number of amides is 1. The molecule has 4 heteroatoms. The molecule has 1 unspecified atom stereocenters. The lowest BCUT2D eigenvalue weighted by atomic mass is 10.2. The first-order valence-corrected chi connectivity index (χ1v) is 7.43. The summed E-state index contributed by atoms with van der Waals surface area (Å²) in [5.74, 6) is 0.815. The molecule has 1 atom stereocenters. The van der Waals surface area contributed by atoms with Gasteiger partial charge in [0.25, 0.3) is 0 Å². The fourth-order valence-corrected chi connectivity index (χ4v) is 1.64. The predicted molar refractivity (Wildman–Crippen MR) is 83.2 cm³/mol. The van der Waals surface area contributed by atoms with Crippen molar-refractivity contribution in [2.45, 2.75) is 46.1 Å². The van der Waals surface area contributed by atoms with Gasteiger partial charge in [-0.1, -0.05) is 20.3 Å². The highest BCUT2D eigenvalue weighted by Crippen LogP contribution is 2.17. The van der Waals surface area contributed by atoms with Crippen molar-refractivity contribution in [3.05, 3.63) is 24.3 Å². The number of carbonyl (C=O) groups excluding carboxylic acids is 1. The Labute approximate surface area is 121 Å². The highest BCUT2D eigenvalue weighted by molar-refractivity contribution is 5.92. The van der Waals surface area contributed by atoms with E-state index in [1.54, 1.807) is 0 Å². The third-order valence-corrected chi connectivity index (χ3v) is 3.04. The zero-order valence-electron chi connectivity index (χ0n) is 12.7. The summed E-state index contributed by atoms with van der Waals surface area (Å²) in [5.41, 5.74) is 0.795. The van der Waals surface area contributed by atoms with Gasteiger partial charge in [-0.25, -0.2) is 0 Å². The maximum Gasteiger partial charge on any atom is 0.238 e. The monoisotopic (exact) mass is 278 g/mol. The van der Waals surface area contributed by atoms with Crippen molar-refractivity contribution in [2.75, 3.05) is 18.4 Å². The van der Waals surface area contributed by atoms with E-state index in [9.17, 15) is 4.79 Å². The molecule has 1 rings (SSSR count). The lowest BCUT2D eigenvalue weighted by molar-refractivity contribution is -0.115. The molecule has 4 nitrogen and oxygen atoms in total. The summed E-state index contributed by atoms with van der Waals surface area (Å²) in [4.78, 5) is 11.7. The third kappa shape index (κ3) is 6.57. The van der Waals surface area contributed by atoms with Gasteiger partial charge in [0.1, 0.15) is 5.75 Å². The van der Waals surface area contributed by atoms with Crippen molar-refractivity contribution in [3.63, 3.8) is 0 Å². The highest BCUT2D eigenvalue weighted by Gasteiger charge is 2.03. The third-order valence-electron chi connectivity index (χ3n) is 3.04. The van der Waals surface area contributed by atoms with Crippen molar-refractivity contribution in [2.24, 2.45) is 0 Å². The molecule has 0 radical (unpaired) electrons. The molecule has 0 heterocycles. The Kier molecular flexibility index (Phi) is 7.73. The fraction of sp³-hybridized carbons (Fsp3) is 0.562. The van der Waals surface area contributed by atoms with Crippen molar-refractivity contribution >= 4 is 11.6 Å². The van der Waals surface area contributed by atoms with E-state index in [4.69, 9.17) is 4.74 Å². The number of unbranched alkanes of at least 4 members (excludes halogenated alkanes) is 1. The number of hydrogen-bond donors (Lipinski definition) is 2. The largest absolute Gasteiger partial charge is 0.491 e. The molecular weight excluding hydrogens is 252 g/mol. The van der Waals surface area contributed by atoms with E-state index in [1.165, 1.54) is 0 Å². The molecule has 0 fully saturated rings. The normalized spacial score (nSPS) is 11.9. The second-order valence-corrected chi connectivity index (χ2v) is 4.94. The van der Waals surface area contributed by atoms with Crippen LogP contribution in [0.15, 0.2) is 24.3 Å². The van der Waals surface area contributed by atoms with Crippen LogP contribution >= 0.6 is 0 Å². The molecule has 0 spiro atoms. The van der Waals surface area contributed by atoms with Crippen LogP contribution in [-0.4, -0.2) is 25.1 Å². The summed E-state index contributed by atoms with van der Waals surface area (Å²) in [7, 11) is 0. The van der Waals surface area contributed by atoms with Gasteiger partial charge in [-0.05, 0) is 50.6 Å². The van der Waals surface area contributed by atoms with E-state index in [-0.39, 0.29) is 12.0 Å². The zero-order chi connectivity index (χ0) is 14.8. The van der Waals surface area contributed by atoms with Gasteiger partial charge in [0, 0.05) is 5.69 Å². The number of hydrogen-bond acceptors (Lipinski definition) is 3. The number of benzene rings is 1. The van der Waals surface area contributed by atoms with Gasteiger partial charge in [-0.15, -0.1) is 0 Å². The lowest BCUT2D eigenvalue weighted by Crippen LogP contribution is -2.28. The predicted octanol–water partition coefficient (Wildman–Crippen LogP) is 3.19. The van der Waals surface area contributed by atoms with E-state index in [0.29, 0.717) is 6.54 Å². The fourth-order valence-electron chi connectivity index (χ4n) is 1.64. The van der Waals surface area contributed by atoms with Crippen LogP contribution in [0.1, 0.15) is 40.0 Å². The Hall–Kier alpha value is -1.55. The van der Waals surface area contributed by atoms with Crippen molar-refractivity contribution < 1.29 is 9.53 Å². The topological polar surface area (TPSA) is 50.4 Å². The Morgan fingerprint density at radius 2 is 1.95 bits per heavy atom. The molecule has 20 heavy (non-hydrogen) atoms. The SMILES string of the molecule is CCCCNCC(=O)Nc1ccc(OC(C)CC)cc1. The van der Waals surface area contributed by atoms with Crippen LogP contribution in [0.4, 0.5) is 5.69 Å². The minimum atomic E-state index is -0.0169. The number of nitrogens with one attached hydrogen (secondary N) is 2. The van der Waals surface area contributed by atoms with Crippen molar-refractivity contribution in [1.29, 1.82) is 0 Å². The molecule has 0 saturated carbocycles. The Morgan fingerprint density at radius 1 is 1.25 bits per heavy atom. The van der Waals surface area contributed by atoms with Gasteiger partial charge in [0.15, 0.2) is 0 Å². The standard InChI is InChI=1S/C16H26N2O2/c1-4-6-11-17-12-16(19)18-14-7-9-15(10-8-14)20-13(3)5-2/h7-10,13,17H,4-6,11-12H2,1-3H3,(H,18,19). The van der Waals surface area contributed by atoms with E-state index in [2.05, 4.69) is 24.5 Å². The van der Waals surface area contributed by atoms with Gasteiger partial charge in [0.05, 0.1) is 12.6 Å². The maximum absolute atomic E-state index is 11.7. The molecule has 0 aliphatic rings. The first kappa shape index (κ1) is 16.5. The van der Waals surface area contributed by atoms with E-state index < -0.39 is 0 Å². The molecule has 2 N–H and O–H groups in total. The molecule has 0 aromatic heterocycles. The summed E-state index contributed by atoms with van der Waals surface area (Å²) in [5, 5.41) is 5.97. The highest BCUT2D eigenvalue weighted by atomic mass is 16.5. The van der Waals surface area contributed by atoms with Crippen LogP contribution < -0.4 is 15.4 Å². The van der Waals surface area contributed by atoms with Crippen LogP contribution in [0.25, 0.3) is 0 Å². The van der Waals surface area contributed by atoms with E-state index >= 15 is 0 Å². The Balaban J connectivity index is 2.35. The zero-order valence-corrected chi connectivity index (χ0v) is 12.7. The smallest absolute Gasteiger partial charge is 0.238 e. The molecular formula is C16H26N2O2. The molecule has 112 valence electrons. The van der Waals surface area contributed by atoms with Crippen LogP contribution in [-0.2, 0) is 4.79 Å². The molecule has 0 aliphatic carbocycles. The minimum Gasteiger partial charge on any atom is -0.491 e. The van der Waals surface area contributed by atoms with Crippen molar-refractivity contribution in [3.8, 4) is 5.75 Å². The second kappa shape index (κ2) is 9.37. The van der Waals surface area contributed by atoms with Crippen molar-refractivity contribution in [1.82, 2.24) is 5.32 Å². The van der Waals surface area contributed by atoms with Crippen LogP contribution in [0.3, 0.4) is 0 Å². The number of rotatable bonds is 9. The average Bonchev–Trinajstić information content (AvgIpc) is 2.45. The molecule has 0 bridgehead atoms. The first-order valence-electron chi connectivity index (χ1n) is 7.43. The lowest BCUT2D eigenvalue weighted by Gasteiger charge is -2.13. The average molecular weight is 278 g/mol. The Bertz CT molecular complexity index is 390. The Morgan fingerprint density at radius 3 is 2.55 bits per heavy atom. The van der Waals surface area contributed by atoms with Gasteiger partial charge in [0.2, 0.25) is 5.91 Å². The molecule has 1 aromatic carbocycles. The first-order chi connectivity index (χ1) is 9.65. The number of anilines is 1. The quantitative estimate of drug-likeness (QED) is 0.682. The number of ether oxygens (including phenoxy) is 1. The molecule has 0 aliphatic heterocycles. The molecule has 1 amide bonds. The van der Waals surface area contributed by atoms with Gasteiger partial charge in [-0.2, -0.15) is 0 Å². The van der Waals surface area contributed by atoms with Crippen LogP contribution in [0, 0.1) is 0 Å². The van der Waals surface area contributed by atoms with Crippen LogP contribution in [0.5, 0.6) is 5.75 Å². The van der Waals surface area contributed by atoms with E-state index in [1.807, 2.05) is 31.2 Å².